The molecule has 7 heteroatoms. The summed E-state index contributed by atoms with van der Waals surface area (Å²) < 4.78 is 11.3. The molecule has 0 aliphatic carbocycles. The van der Waals surface area contributed by atoms with E-state index in [1.807, 2.05) is 61.7 Å². The van der Waals surface area contributed by atoms with Crippen LogP contribution in [0.5, 0.6) is 5.75 Å². The number of amides is 1. The number of hydrogen-bond acceptors (Lipinski definition) is 6. The maximum atomic E-state index is 12.9. The van der Waals surface area contributed by atoms with Gasteiger partial charge in [0.2, 0.25) is 0 Å². The van der Waals surface area contributed by atoms with E-state index in [1.165, 1.54) is 11.3 Å². The Labute approximate surface area is 186 Å². The zero-order valence-electron chi connectivity index (χ0n) is 17.8. The highest BCUT2D eigenvalue weighted by atomic mass is 32.1. The van der Waals surface area contributed by atoms with Crippen LogP contribution in [0, 0.1) is 0 Å². The zero-order valence-corrected chi connectivity index (χ0v) is 18.7. The smallest absolute Gasteiger partial charge is 0.265 e. The van der Waals surface area contributed by atoms with Gasteiger partial charge in [-0.15, -0.1) is 11.3 Å². The van der Waals surface area contributed by atoms with E-state index < -0.39 is 0 Å². The van der Waals surface area contributed by atoms with Gasteiger partial charge < -0.3 is 19.7 Å². The third-order valence-corrected chi connectivity index (χ3v) is 6.25. The third kappa shape index (κ3) is 5.24. The Kier molecular flexibility index (Phi) is 6.84. The lowest BCUT2D eigenvalue weighted by molar-refractivity contribution is 0.0529. The van der Waals surface area contributed by atoms with Gasteiger partial charge in [-0.1, -0.05) is 36.4 Å². The molecule has 1 aromatic carbocycles. The number of hydrogen-bond donors (Lipinski definition) is 1. The average Bonchev–Trinajstić information content (AvgIpc) is 3.23. The first kappa shape index (κ1) is 21.3. The summed E-state index contributed by atoms with van der Waals surface area (Å²) in [6.45, 7) is 7.31. The highest BCUT2D eigenvalue weighted by molar-refractivity contribution is 7.17. The molecule has 1 unspecified atom stereocenters. The van der Waals surface area contributed by atoms with Crippen molar-refractivity contribution in [2.45, 2.75) is 26.5 Å². The molecule has 1 saturated heterocycles. The van der Waals surface area contributed by atoms with Gasteiger partial charge in [0.05, 0.1) is 19.3 Å². The summed E-state index contributed by atoms with van der Waals surface area (Å²) in [5.41, 5.74) is 2.03. The summed E-state index contributed by atoms with van der Waals surface area (Å²) >= 11 is 1.45. The summed E-state index contributed by atoms with van der Waals surface area (Å²) in [5, 5.41) is 3.00. The number of thiophene rings is 1. The van der Waals surface area contributed by atoms with Gasteiger partial charge in [-0.05, 0) is 37.1 Å². The molecule has 1 atom stereocenters. The lowest BCUT2D eigenvalue weighted by Crippen LogP contribution is -2.41. The van der Waals surface area contributed by atoms with Gasteiger partial charge >= 0.3 is 0 Å². The lowest BCUT2D eigenvalue weighted by Gasteiger charge is -2.32. The molecule has 0 spiro atoms. The van der Waals surface area contributed by atoms with Crippen molar-refractivity contribution in [2.24, 2.45) is 0 Å². The average molecular weight is 438 g/mol. The fourth-order valence-corrected chi connectivity index (χ4v) is 4.56. The van der Waals surface area contributed by atoms with E-state index in [4.69, 9.17) is 9.47 Å². The number of anilines is 1. The number of morpholine rings is 1. The molecule has 1 fully saturated rings. The first-order valence-corrected chi connectivity index (χ1v) is 11.4. The monoisotopic (exact) mass is 437 g/mol. The highest BCUT2D eigenvalue weighted by Gasteiger charge is 2.19. The maximum Gasteiger partial charge on any atom is 0.265 e. The van der Waals surface area contributed by atoms with Gasteiger partial charge in [-0.25, -0.2) is 4.98 Å². The van der Waals surface area contributed by atoms with Gasteiger partial charge in [0.1, 0.15) is 16.4 Å². The number of nitrogens with one attached hydrogen (secondary N) is 1. The number of aromatic nitrogens is 1. The van der Waals surface area contributed by atoms with Crippen molar-refractivity contribution in [3.05, 3.63) is 65.2 Å². The second-order valence-corrected chi connectivity index (χ2v) is 8.49. The molecule has 0 radical (unpaired) electrons. The number of nitrogens with zero attached hydrogens (tertiary/aromatic N) is 2. The van der Waals surface area contributed by atoms with Crippen molar-refractivity contribution in [3.63, 3.8) is 0 Å². The molecule has 1 aliphatic heterocycles. The quantitative estimate of drug-likeness (QED) is 0.595. The molecule has 2 aromatic heterocycles. The molecular formula is C24H27N3O3S. The van der Waals surface area contributed by atoms with Crippen molar-refractivity contribution < 1.29 is 14.3 Å². The topological polar surface area (TPSA) is 63.7 Å². The van der Waals surface area contributed by atoms with Gasteiger partial charge in [-0.2, -0.15) is 0 Å². The van der Waals surface area contributed by atoms with Crippen molar-refractivity contribution in [3.8, 4) is 16.2 Å². The van der Waals surface area contributed by atoms with Crippen LogP contribution in [0.3, 0.4) is 0 Å². The molecule has 3 heterocycles. The minimum absolute atomic E-state index is 0.137. The minimum atomic E-state index is -0.137. The number of rotatable bonds is 7. The molecule has 162 valence electrons. The molecule has 31 heavy (non-hydrogen) atoms. The van der Waals surface area contributed by atoms with E-state index in [-0.39, 0.29) is 12.0 Å². The summed E-state index contributed by atoms with van der Waals surface area (Å²) in [4.78, 5) is 21.3. The van der Waals surface area contributed by atoms with Crippen LogP contribution in [-0.4, -0.2) is 43.3 Å². The standard InChI is InChI=1S/C24H27N3O3S/c1-3-29-20-13-21(19-7-5-4-6-8-19)31-23(20)24(28)26-15-18-9-10-22(25-14-18)27-11-12-30-17(2)16-27/h4-10,13-14,17H,3,11-12,15-16H2,1-2H3,(H,26,28). The van der Waals surface area contributed by atoms with E-state index in [9.17, 15) is 4.79 Å². The SMILES string of the molecule is CCOc1cc(-c2ccccc2)sc1C(=O)NCc1ccc(N2CCOC(C)C2)nc1. The van der Waals surface area contributed by atoms with E-state index in [2.05, 4.69) is 22.1 Å². The second-order valence-electron chi connectivity index (χ2n) is 7.44. The first-order chi connectivity index (χ1) is 15.1. The largest absolute Gasteiger partial charge is 0.492 e. The van der Waals surface area contributed by atoms with Gasteiger partial charge in [0, 0.05) is 30.7 Å². The Balaban J connectivity index is 1.42. The van der Waals surface area contributed by atoms with Crippen LogP contribution < -0.4 is 15.0 Å². The van der Waals surface area contributed by atoms with Gasteiger partial charge in [-0.3, -0.25) is 4.79 Å². The molecule has 0 saturated carbocycles. The fraction of sp³-hybridized carbons (Fsp3) is 0.333. The lowest BCUT2D eigenvalue weighted by atomic mass is 10.2. The Bertz CT molecular complexity index is 1000. The van der Waals surface area contributed by atoms with Crippen LogP contribution >= 0.6 is 11.3 Å². The normalized spacial score (nSPS) is 16.2. The Morgan fingerprint density at radius 3 is 2.84 bits per heavy atom. The maximum absolute atomic E-state index is 12.9. The predicted octanol–water partition coefficient (Wildman–Crippen LogP) is 4.36. The van der Waals surface area contributed by atoms with Crippen LogP contribution in [0.4, 0.5) is 5.82 Å². The third-order valence-electron chi connectivity index (χ3n) is 5.09. The van der Waals surface area contributed by atoms with Crippen LogP contribution in [0.1, 0.15) is 29.1 Å². The number of carbonyl (C=O) groups excluding carboxylic acids is 1. The number of benzene rings is 1. The molecular weight excluding hydrogens is 410 g/mol. The van der Waals surface area contributed by atoms with Crippen LogP contribution in [0.25, 0.3) is 10.4 Å². The second kappa shape index (κ2) is 9.94. The van der Waals surface area contributed by atoms with Crippen molar-refractivity contribution in [2.75, 3.05) is 31.2 Å². The van der Waals surface area contributed by atoms with Crippen LogP contribution in [-0.2, 0) is 11.3 Å². The molecule has 1 amide bonds. The van der Waals surface area contributed by atoms with Crippen molar-refractivity contribution >= 4 is 23.1 Å². The van der Waals surface area contributed by atoms with E-state index in [0.717, 1.165) is 34.9 Å². The van der Waals surface area contributed by atoms with Crippen LogP contribution in [0.2, 0.25) is 0 Å². The van der Waals surface area contributed by atoms with E-state index in [1.54, 1.807) is 0 Å². The highest BCUT2D eigenvalue weighted by Crippen LogP contribution is 2.36. The minimum Gasteiger partial charge on any atom is -0.492 e. The summed E-state index contributed by atoms with van der Waals surface area (Å²) in [6, 6.07) is 16.0. The zero-order chi connectivity index (χ0) is 21.6. The summed E-state index contributed by atoms with van der Waals surface area (Å²) in [7, 11) is 0. The molecule has 1 N–H and O–H groups in total. The van der Waals surface area contributed by atoms with Gasteiger partial charge in [0.25, 0.3) is 5.91 Å². The van der Waals surface area contributed by atoms with E-state index in [0.29, 0.717) is 30.4 Å². The predicted molar refractivity (Wildman–Crippen MR) is 124 cm³/mol. The number of ether oxygens (including phenoxy) is 2. The Hall–Kier alpha value is -2.90. The molecule has 0 bridgehead atoms. The Morgan fingerprint density at radius 2 is 2.13 bits per heavy atom. The molecule has 4 rings (SSSR count). The Morgan fingerprint density at radius 1 is 1.29 bits per heavy atom. The summed E-state index contributed by atoms with van der Waals surface area (Å²) in [6.07, 6.45) is 2.03. The molecule has 1 aliphatic rings. The molecule has 3 aromatic rings. The van der Waals surface area contributed by atoms with Crippen molar-refractivity contribution in [1.29, 1.82) is 0 Å². The van der Waals surface area contributed by atoms with Gasteiger partial charge in [0.15, 0.2) is 0 Å². The number of pyridine rings is 1. The first-order valence-electron chi connectivity index (χ1n) is 10.6. The van der Waals surface area contributed by atoms with Crippen molar-refractivity contribution in [1.82, 2.24) is 10.3 Å². The number of carbonyl (C=O) groups is 1. The van der Waals surface area contributed by atoms with Crippen LogP contribution in [0.15, 0.2) is 54.7 Å². The molecule has 6 nitrogen and oxygen atoms in total. The fourth-order valence-electron chi connectivity index (χ4n) is 3.54. The van der Waals surface area contributed by atoms with E-state index >= 15 is 0 Å². The summed E-state index contributed by atoms with van der Waals surface area (Å²) in [5.74, 6) is 1.43.